The number of nitrogens with two attached hydrogens (primary N) is 1. The molecule has 0 fully saturated rings. The summed E-state index contributed by atoms with van der Waals surface area (Å²) in [5, 5.41) is 11.6. The van der Waals surface area contributed by atoms with Gasteiger partial charge in [-0.05, 0) is 13.3 Å². The molecule has 1 amide bonds. The molecule has 0 spiro atoms. The van der Waals surface area contributed by atoms with Crippen LogP contribution in [0.4, 0.5) is 5.69 Å². The van der Waals surface area contributed by atoms with Crippen LogP contribution in [0.5, 0.6) is 0 Å². The number of amides is 1. The monoisotopic (exact) mass is 296 g/mol. The van der Waals surface area contributed by atoms with Gasteiger partial charge in [-0.25, -0.2) is 0 Å². The van der Waals surface area contributed by atoms with E-state index in [-0.39, 0.29) is 5.91 Å². The lowest BCUT2D eigenvalue weighted by Crippen LogP contribution is -2.28. The van der Waals surface area contributed by atoms with E-state index in [0.29, 0.717) is 29.5 Å². The Morgan fingerprint density at radius 1 is 1.55 bits per heavy atom. The Labute approximate surface area is 121 Å². The number of nitrogens with zero attached hydrogens (tertiary/aromatic N) is 4. The van der Waals surface area contributed by atoms with Crippen molar-refractivity contribution in [3.8, 4) is 0 Å². The van der Waals surface area contributed by atoms with Crippen LogP contribution in [0.2, 0.25) is 5.02 Å². The zero-order valence-electron chi connectivity index (χ0n) is 11.4. The molecule has 3 N–H and O–H groups in total. The van der Waals surface area contributed by atoms with Crippen molar-refractivity contribution in [2.75, 3.05) is 12.3 Å². The number of halogens is 1. The van der Waals surface area contributed by atoms with Crippen LogP contribution in [0.3, 0.4) is 0 Å². The third-order valence-corrected chi connectivity index (χ3v) is 3.29. The summed E-state index contributed by atoms with van der Waals surface area (Å²) in [5.74, 6) is -0.225. The minimum Gasteiger partial charge on any atom is -0.396 e. The summed E-state index contributed by atoms with van der Waals surface area (Å²) < 4.78 is 3.23. The van der Waals surface area contributed by atoms with Gasteiger partial charge in [0.15, 0.2) is 0 Å². The predicted octanol–water partition coefficient (Wildman–Crippen LogP) is 0.981. The zero-order chi connectivity index (χ0) is 14.7. The summed E-state index contributed by atoms with van der Waals surface area (Å²) >= 11 is 5.92. The Bertz CT molecular complexity index is 578. The molecular weight excluding hydrogens is 280 g/mol. The van der Waals surface area contributed by atoms with Crippen molar-refractivity contribution < 1.29 is 4.79 Å². The molecular formula is C12H17ClN6O. The van der Waals surface area contributed by atoms with Crippen LogP contribution in [0.1, 0.15) is 22.6 Å². The second-order valence-corrected chi connectivity index (χ2v) is 4.91. The predicted molar refractivity (Wildman–Crippen MR) is 76.5 cm³/mol. The third-order valence-electron chi connectivity index (χ3n) is 2.92. The van der Waals surface area contributed by atoms with Gasteiger partial charge in [-0.15, -0.1) is 0 Å². The molecule has 0 aliphatic rings. The molecule has 2 aromatic rings. The highest BCUT2D eigenvalue weighted by Crippen LogP contribution is 2.12. The maximum atomic E-state index is 11.9. The van der Waals surface area contributed by atoms with Crippen LogP contribution in [0.15, 0.2) is 12.4 Å². The normalized spacial score (nSPS) is 10.8. The van der Waals surface area contributed by atoms with Crippen molar-refractivity contribution >= 4 is 23.2 Å². The molecule has 0 bridgehead atoms. The average Bonchev–Trinajstić information content (AvgIpc) is 2.89. The number of aryl methyl sites for hydroxylation is 3. The Morgan fingerprint density at radius 2 is 2.30 bits per heavy atom. The molecule has 0 aliphatic carbocycles. The first-order chi connectivity index (χ1) is 9.49. The van der Waals surface area contributed by atoms with E-state index >= 15 is 0 Å². The molecule has 108 valence electrons. The van der Waals surface area contributed by atoms with Crippen molar-refractivity contribution in [2.45, 2.75) is 19.9 Å². The van der Waals surface area contributed by atoms with Crippen LogP contribution in [0, 0.1) is 6.92 Å². The molecule has 2 rings (SSSR count). The Hall–Kier alpha value is -2.02. The SMILES string of the molecule is Cc1nn(CCCNC(=O)c2c(N)cnn2C)cc1Cl. The maximum Gasteiger partial charge on any atom is 0.271 e. The standard InChI is InChI=1S/C12H17ClN6O/c1-8-9(13)7-19(17-8)5-3-4-15-12(20)11-10(14)6-16-18(11)2/h6-7H,3-5,14H2,1-2H3,(H,15,20). The van der Waals surface area contributed by atoms with Gasteiger partial charge in [-0.1, -0.05) is 11.6 Å². The topological polar surface area (TPSA) is 90.8 Å². The Kier molecular flexibility index (Phi) is 4.29. The fourth-order valence-corrected chi connectivity index (χ4v) is 2.02. The highest BCUT2D eigenvalue weighted by Gasteiger charge is 2.13. The number of carbonyl (C=O) groups is 1. The summed E-state index contributed by atoms with van der Waals surface area (Å²) in [6, 6.07) is 0. The van der Waals surface area contributed by atoms with Crippen molar-refractivity contribution in [3.63, 3.8) is 0 Å². The van der Waals surface area contributed by atoms with Gasteiger partial charge in [0.1, 0.15) is 5.69 Å². The lowest BCUT2D eigenvalue weighted by Gasteiger charge is -2.06. The second kappa shape index (κ2) is 5.96. The lowest BCUT2D eigenvalue weighted by molar-refractivity contribution is 0.0944. The molecule has 0 unspecified atom stereocenters. The number of nitrogens with one attached hydrogen (secondary N) is 1. The highest BCUT2D eigenvalue weighted by atomic mass is 35.5. The lowest BCUT2D eigenvalue weighted by atomic mass is 10.3. The molecule has 0 aromatic carbocycles. The maximum absolute atomic E-state index is 11.9. The van der Waals surface area contributed by atoms with Gasteiger partial charge in [-0.2, -0.15) is 10.2 Å². The number of hydrogen-bond donors (Lipinski definition) is 2. The van der Waals surface area contributed by atoms with E-state index in [1.807, 2.05) is 6.92 Å². The molecule has 20 heavy (non-hydrogen) atoms. The minimum atomic E-state index is -0.225. The fourth-order valence-electron chi connectivity index (χ4n) is 1.87. The summed E-state index contributed by atoms with van der Waals surface area (Å²) in [4.78, 5) is 11.9. The van der Waals surface area contributed by atoms with Crippen LogP contribution in [0.25, 0.3) is 0 Å². The van der Waals surface area contributed by atoms with E-state index in [2.05, 4.69) is 15.5 Å². The van der Waals surface area contributed by atoms with Crippen molar-refractivity contribution in [3.05, 3.63) is 28.8 Å². The van der Waals surface area contributed by atoms with Gasteiger partial charge in [0.2, 0.25) is 0 Å². The third kappa shape index (κ3) is 3.11. The smallest absolute Gasteiger partial charge is 0.271 e. The average molecular weight is 297 g/mol. The van der Waals surface area contributed by atoms with Gasteiger partial charge in [0.25, 0.3) is 5.91 Å². The van der Waals surface area contributed by atoms with E-state index in [4.69, 9.17) is 17.3 Å². The second-order valence-electron chi connectivity index (χ2n) is 4.51. The van der Waals surface area contributed by atoms with Crippen molar-refractivity contribution in [1.29, 1.82) is 0 Å². The number of nitrogen functional groups attached to an aromatic ring is 1. The van der Waals surface area contributed by atoms with E-state index in [9.17, 15) is 4.79 Å². The van der Waals surface area contributed by atoms with Crippen LogP contribution >= 0.6 is 11.6 Å². The summed E-state index contributed by atoms with van der Waals surface area (Å²) in [5.41, 5.74) is 7.24. The van der Waals surface area contributed by atoms with Gasteiger partial charge in [0.05, 0.1) is 22.6 Å². The van der Waals surface area contributed by atoms with Crippen molar-refractivity contribution in [2.24, 2.45) is 7.05 Å². The van der Waals surface area contributed by atoms with E-state index in [1.165, 1.54) is 10.9 Å². The van der Waals surface area contributed by atoms with Gasteiger partial charge in [0, 0.05) is 26.3 Å². The highest BCUT2D eigenvalue weighted by molar-refractivity contribution is 6.31. The minimum absolute atomic E-state index is 0.225. The Balaban J connectivity index is 1.80. The van der Waals surface area contributed by atoms with E-state index in [0.717, 1.165) is 12.1 Å². The largest absolute Gasteiger partial charge is 0.396 e. The van der Waals surface area contributed by atoms with Crippen molar-refractivity contribution in [1.82, 2.24) is 24.9 Å². The molecule has 7 nitrogen and oxygen atoms in total. The van der Waals surface area contributed by atoms with Gasteiger partial charge < -0.3 is 11.1 Å². The summed E-state index contributed by atoms with van der Waals surface area (Å²) in [6.45, 7) is 3.07. The summed E-state index contributed by atoms with van der Waals surface area (Å²) in [6.07, 6.45) is 3.99. The molecule has 0 aliphatic heterocycles. The fraction of sp³-hybridized carbons (Fsp3) is 0.417. The van der Waals surface area contributed by atoms with Gasteiger partial charge in [-0.3, -0.25) is 14.2 Å². The van der Waals surface area contributed by atoms with Crippen LogP contribution < -0.4 is 11.1 Å². The van der Waals surface area contributed by atoms with Crippen LogP contribution in [-0.2, 0) is 13.6 Å². The quantitative estimate of drug-likeness (QED) is 0.805. The Morgan fingerprint density at radius 3 is 2.85 bits per heavy atom. The molecule has 0 radical (unpaired) electrons. The molecule has 2 heterocycles. The number of anilines is 1. The molecule has 2 aromatic heterocycles. The first kappa shape index (κ1) is 14.4. The van der Waals surface area contributed by atoms with E-state index in [1.54, 1.807) is 17.9 Å². The number of hydrogen-bond acceptors (Lipinski definition) is 4. The summed E-state index contributed by atoms with van der Waals surface area (Å²) in [7, 11) is 1.68. The molecule has 0 saturated heterocycles. The number of carbonyl (C=O) groups excluding carboxylic acids is 1. The molecule has 8 heteroatoms. The number of aromatic nitrogens is 4. The molecule has 0 atom stereocenters. The zero-order valence-corrected chi connectivity index (χ0v) is 12.2. The van der Waals surface area contributed by atoms with Crippen LogP contribution in [-0.4, -0.2) is 32.0 Å². The first-order valence-corrected chi connectivity index (χ1v) is 6.62. The van der Waals surface area contributed by atoms with Gasteiger partial charge >= 0.3 is 0 Å². The molecule has 0 saturated carbocycles. The first-order valence-electron chi connectivity index (χ1n) is 6.24. The van der Waals surface area contributed by atoms with E-state index < -0.39 is 0 Å². The number of rotatable bonds is 5.